The first kappa shape index (κ1) is 68.6. The maximum atomic E-state index is 14.4. The molecule has 0 saturated carbocycles. The Hall–Kier alpha value is -8.42. The SMILES string of the molecule is CC(=O)N[C@@H](CCCCNC(=N)N)C(=O)N[C@@H](CCCNC(=N)N)C(=O)N[C@@H](CCCNC(=N)N)C(=O)N[C@@H](CCCNC(=N)N)C(=O)N[C@@H](CCCNC(=N)N)C(=O)N[C@@H](CCCNC(=N)N)C(=O)NCC(=O)C(C)C. The molecule has 0 aliphatic rings. The van der Waals surface area contributed by atoms with Crippen LogP contribution in [0.1, 0.15) is 104 Å². The third-order valence-electron chi connectivity index (χ3n) is 11.1. The van der Waals surface area contributed by atoms with Gasteiger partial charge in [0.15, 0.2) is 41.5 Å². The molecule has 0 rings (SSSR count). The van der Waals surface area contributed by atoms with Gasteiger partial charge in [-0.05, 0) is 83.5 Å². The molecular weight excluding hydrogens is 1010 g/mol. The van der Waals surface area contributed by atoms with Gasteiger partial charge < -0.3 is 104 Å². The van der Waals surface area contributed by atoms with E-state index in [4.69, 9.17) is 66.9 Å². The van der Waals surface area contributed by atoms with Crippen molar-refractivity contribution in [2.24, 2.45) is 40.3 Å². The molecule has 0 heterocycles. The summed E-state index contributed by atoms with van der Waals surface area (Å²) in [5.41, 5.74) is 32.6. The zero-order valence-electron chi connectivity index (χ0n) is 44.4. The first-order valence-corrected chi connectivity index (χ1v) is 25.3. The molecule has 0 aromatic heterocycles. The van der Waals surface area contributed by atoms with Gasteiger partial charge >= 0.3 is 0 Å². The predicted octanol–water partition coefficient (Wildman–Crippen LogP) is -6.77. The van der Waals surface area contributed by atoms with E-state index in [2.05, 4.69) is 69.1 Å². The topological polar surface area (TPSA) is 592 Å². The molecule has 0 radical (unpaired) electrons. The number of carbonyl (C=O) groups excluding carboxylic acids is 8. The molecular formula is C44H87N25O8. The molecule has 31 N–H and O–H groups in total. The average Bonchev–Trinajstić information content (AvgIpc) is 3.33. The summed E-state index contributed by atoms with van der Waals surface area (Å²) in [5.74, 6) is -8.09. The van der Waals surface area contributed by atoms with Crippen molar-refractivity contribution >= 4 is 82.9 Å². The van der Waals surface area contributed by atoms with Crippen molar-refractivity contribution in [2.75, 3.05) is 45.8 Å². The lowest BCUT2D eigenvalue weighted by Gasteiger charge is -2.28. The van der Waals surface area contributed by atoms with Crippen LogP contribution in [-0.4, -0.2) is 165 Å². The molecule has 33 heteroatoms. The van der Waals surface area contributed by atoms with Gasteiger partial charge in [-0.1, -0.05) is 13.8 Å². The predicted molar refractivity (Wildman–Crippen MR) is 290 cm³/mol. The van der Waals surface area contributed by atoms with Crippen LogP contribution in [0, 0.1) is 38.4 Å². The second kappa shape index (κ2) is 39.1. The van der Waals surface area contributed by atoms with Gasteiger partial charge in [-0.2, -0.15) is 0 Å². The summed E-state index contributed by atoms with van der Waals surface area (Å²) < 4.78 is 0. The molecule has 0 bridgehead atoms. The maximum absolute atomic E-state index is 14.4. The Morgan fingerprint density at radius 2 is 0.545 bits per heavy atom. The van der Waals surface area contributed by atoms with Crippen molar-refractivity contribution in [3.8, 4) is 0 Å². The number of Topliss-reactive ketones (excluding diaryl/α,β-unsaturated/α-hetero) is 1. The second-order valence-electron chi connectivity index (χ2n) is 18.1. The van der Waals surface area contributed by atoms with E-state index in [-0.39, 0.29) is 151 Å². The smallest absolute Gasteiger partial charge is 0.243 e. The lowest BCUT2D eigenvalue weighted by molar-refractivity contribution is -0.136. The van der Waals surface area contributed by atoms with Crippen LogP contribution in [0.4, 0.5) is 0 Å². The van der Waals surface area contributed by atoms with Crippen molar-refractivity contribution in [3.05, 3.63) is 0 Å². The molecule has 0 fully saturated rings. The molecule has 77 heavy (non-hydrogen) atoms. The van der Waals surface area contributed by atoms with E-state index in [1.54, 1.807) is 13.8 Å². The molecule has 0 aliphatic heterocycles. The van der Waals surface area contributed by atoms with Gasteiger partial charge in [-0.15, -0.1) is 0 Å². The van der Waals surface area contributed by atoms with Crippen LogP contribution < -0.4 is 104 Å². The zero-order valence-corrected chi connectivity index (χ0v) is 44.4. The summed E-state index contributed by atoms with van der Waals surface area (Å²) in [5, 5.41) is 79.1. The lowest BCUT2D eigenvalue weighted by Crippen LogP contribution is -2.60. The third kappa shape index (κ3) is 34.7. The van der Waals surface area contributed by atoms with Gasteiger partial charge in [0.25, 0.3) is 0 Å². The van der Waals surface area contributed by atoms with Crippen LogP contribution in [0.15, 0.2) is 0 Å². The Labute approximate surface area is 448 Å². The van der Waals surface area contributed by atoms with Gasteiger partial charge in [0, 0.05) is 52.1 Å². The Morgan fingerprint density at radius 1 is 0.325 bits per heavy atom. The van der Waals surface area contributed by atoms with Crippen LogP contribution >= 0.6 is 0 Å². The van der Waals surface area contributed by atoms with Crippen molar-refractivity contribution in [2.45, 2.75) is 140 Å². The number of unbranched alkanes of at least 4 members (excludes halogenated alkanes) is 1. The monoisotopic (exact) mass is 1090 g/mol. The van der Waals surface area contributed by atoms with Crippen LogP contribution in [-0.2, 0) is 38.4 Å². The number of hydrogen-bond acceptors (Lipinski definition) is 14. The van der Waals surface area contributed by atoms with Crippen molar-refractivity contribution < 1.29 is 38.4 Å². The number of hydrogen-bond donors (Lipinski definition) is 25. The molecule has 0 unspecified atom stereocenters. The molecule has 436 valence electrons. The number of ketones is 1. The molecule has 0 aromatic carbocycles. The molecule has 33 nitrogen and oxygen atoms in total. The van der Waals surface area contributed by atoms with Crippen molar-refractivity contribution in [3.63, 3.8) is 0 Å². The van der Waals surface area contributed by atoms with E-state index in [0.717, 1.165) is 0 Å². The van der Waals surface area contributed by atoms with Crippen LogP contribution in [0.25, 0.3) is 0 Å². The van der Waals surface area contributed by atoms with Crippen molar-refractivity contribution in [1.82, 2.24) is 69.1 Å². The Morgan fingerprint density at radius 3 is 0.779 bits per heavy atom. The van der Waals surface area contributed by atoms with E-state index in [0.29, 0.717) is 19.4 Å². The van der Waals surface area contributed by atoms with E-state index in [1.165, 1.54) is 6.92 Å². The average molecular weight is 1090 g/mol. The van der Waals surface area contributed by atoms with Gasteiger partial charge in [0.2, 0.25) is 41.4 Å². The number of carbonyl (C=O) groups is 8. The first-order valence-electron chi connectivity index (χ1n) is 25.3. The summed E-state index contributed by atoms with van der Waals surface area (Å²) in [6.45, 7) is 5.02. The number of nitrogens with one attached hydrogen (secondary N) is 19. The number of rotatable bonds is 40. The fourth-order valence-corrected chi connectivity index (χ4v) is 7.06. The van der Waals surface area contributed by atoms with Crippen LogP contribution in [0.5, 0.6) is 0 Å². The minimum atomic E-state index is -1.44. The minimum absolute atomic E-state index is 0.00792. The van der Waals surface area contributed by atoms with Gasteiger partial charge in [-0.25, -0.2) is 0 Å². The number of nitrogens with two attached hydrogens (primary N) is 6. The van der Waals surface area contributed by atoms with E-state index in [1.807, 2.05) is 0 Å². The zero-order chi connectivity index (χ0) is 58.5. The second-order valence-corrected chi connectivity index (χ2v) is 18.1. The summed E-state index contributed by atoms with van der Waals surface area (Å²) in [6.07, 6.45) is 1.43. The van der Waals surface area contributed by atoms with Crippen LogP contribution in [0.3, 0.4) is 0 Å². The number of amides is 7. The summed E-state index contributed by atoms with van der Waals surface area (Å²) in [4.78, 5) is 109. The van der Waals surface area contributed by atoms with Gasteiger partial charge in [-0.3, -0.25) is 70.8 Å². The Bertz CT molecular complexity index is 2010. The quantitative estimate of drug-likeness (QED) is 0.0154. The molecule has 7 amide bonds. The highest BCUT2D eigenvalue weighted by atomic mass is 16.2. The first-order chi connectivity index (χ1) is 36.2. The van der Waals surface area contributed by atoms with E-state index in [9.17, 15) is 38.4 Å². The standard InChI is InChI=1S/C44H87N25O8/c1-24(2)32(71)23-63-33(72)26(12-6-18-58-40(47)48)65-35(74)28(13-7-19-59-41(49)50)67-37(76)30(15-9-21-61-43(53)54)69-38(77)31(16-10-22-62-44(55)56)68-36(75)29(14-8-20-60-42(51)52)66-34(73)27(64-25(3)70)11-4-5-17-57-39(45)46/h24,26-31H,4-23H2,1-3H3,(H,63,72)(H,64,70)(H,65,74)(H,66,73)(H,67,76)(H,68,75)(H,69,77)(H4,45,46,57)(H4,47,48,58)(H4,49,50,59)(H4,51,52,60)(H4,53,54,61)(H4,55,56,62)/t26-,27-,28-,29-,30-,31-/m0/s1. The van der Waals surface area contributed by atoms with Crippen LogP contribution in [0.2, 0.25) is 0 Å². The Balaban J connectivity index is 7.09. The Kier molecular flexibility index (Phi) is 34.8. The molecule has 0 aliphatic carbocycles. The highest BCUT2D eigenvalue weighted by molar-refractivity contribution is 5.97. The maximum Gasteiger partial charge on any atom is 0.243 e. The van der Waals surface area contributed by atoms with Crippen molar-refractivity contribution in [1.29, 1.82) is 32.5 Å². The summed E-state index contributed by atoms with van der Waals surface area (Å²) in [7, 11) is 0. The highest BCUT2D eigenvalue weighted by Gasteiger charge is 2.33. The third-order valence-corrected chi connectivity index (χ3v) is 11.1. The minimum Gasteiger partial charge on any atom is -0.370 e. The fourth-order valence-electron chi connectivity index (χ4n) is 7.06. The van der Waals surface area contributed by atoms with E-state index < -0.39 is 83.5 Å². The largest absolute Gasteiger partial charge is 0.370 e. The lowest BCUT2D eigenvalue weighted by atomic mass is 10.0. The summed E-state index contributed by atoms with van der Waals surface area (Å²) >= 11 is 0. The molecule has 0 saturated heterocycles. The van der Waals surface area contributed by atoms with Gasteiger partial charge in [0.05, 0.1) is 6.54 Å². The normalized spacial score (nSPS) is 12.9. The fraction of sp³-hybridized carbons (Fsp3) is 0.682. The van der Waals surface area contributed by atoms with E-state index >= 15 is 0 Å². The molecule has 6 atom stereocenters. The summed E-state index contributed by atoms with van der Waals surface area (Å²) in [6, 6.07) is -7.92. The molecule has 0 aromatic rings. The van der Waals surface area contributed by atoms with Gasteiger partial charge in [0.1, 0.15) is 36.3 Å². The highest BCUT2D eigenvalue weighted by Crippen LogP contribution is 2.10. The number of guanidine groups is 6. The molecule has 0 spiro atoms.